The van der Waals surface area contributed by atoms with Crippen molar-refractivity contribution in [2.75, 3.05) is 10.6 Å². The smallest absolute Gasteiger partial charge is 0.340 e. The van der Waals surface area contributed by atoms with Crippen molar-refractivity contribution in [2.24, 2.45) is 0 Å². The molecular weight excluding hydrogens is 472 g/mol. The Labute approximate surface area is 215 Å². The molecule has 0 saturated carbocycles. The summed E-state index contributed by atoms with van der Waals surface area (Å²) in [5, 5.41) is 7.51. The maximum Gasteiger partial charge on any atom is 0.340 e. The third-order valence-electron chi connectivity index (χ3n) is 6.89. The molecule has 0 saturated heterocycles. The van der Waals surface area contributed by atoms with Gasteiger partial charge in [-0.1, -0.05) is 48.9 Å². The number of carbonyl (C=O) groups is 1. The molecule has 2 unspecified atom stereocenters. The zero-order valence-electron chi connectivity index (χ0n) is 20.0. The molecule has 2 atom stereocenters. The molecule has 0 aromatic heterocycles. The van der Waals surface area contributed by atoms with Crippen molar-refractivity contribution in [3.8, 4) is 11.5 Å². The van der Waals surface area contributed by atoms with Crippen LogP contribution in [0.5, 0.6) is 11.5 Å². The van der Waals surface area contributed by atoms with Crippen LogP contribution in [0.15, 0.2) is 84.9 Å². The van der Waals surface area contributed by atoms with Gasteiger partial charge in [-0.3, -0.25) is 0 Å². The first-order valence-electron chi connectivity index (χ1n) is 12.1. The van der Waals surface area contributed by atoms with Crippen LogP contribution in [0.3, 0.4) is 0 Å². The molecule has 2 N–H and O–H groups in total. The Bertz CT molecular complexity index is 1500. The number of benzene rings is 4. The lowest BCUT2D eigenvalue weighted by Crippen LogP contribution is -2.33. The summed E-state index contributed by atoms with van der Waals surface area (Å²) in [5.74, 6) is 0.945. The number of hydrogen-bond acceptors (Lipinski definition) is 5. The molecule has 0 radical (unpaired) electrons. The van der Waals surface area contributed by atoms with Gasteiger partial charge in [0.2, 0.25) is 0 Å². The third kappa shape index (κ3) is 3.50. The molecule has 2 aliphatic rings. The Hall–Kier alpha value is -3.96. The normalized spacial score (nSPS) is 17.9. The Morgan fingerprint density at radius 3 is 2.47 bits per heavy atom. The van der Waals surface area contributed by atoms with Gasteiger partial charge in [0.15, 0.2) is 5.60 Å². The molecule has 180 valence electrons. The molecule has 0 aliphatic carbocycles. The van der Waals surface area contributed by atoms with Gasteiger partial charge in [-0.2, -0.15) is 0 Å². The van der Waals surface area contributed by atoms with Crippen molar-refractivity contribution in [3.05, 3.63) is 112 Å². The van der Waals surface area contributed by atoms with Gasteiger partial charge in [0, 0.05) is 40.2 Å². The van der Waals surface area contributed by atoms with E-state index in [1.165, 1.54) is 0 Å². The monoisotopic (exact) mass is 496 g/mol. The van der Waals surface area contributed by atoms with Crippen LogP contribution in [-0.2, 0) is 10.3 Å². The molecular formula is C30H25ClN2O3. The molecule has 0 fully saturated rings. The minimum absolute atomic E-state index is 0.316. The molecule has 4 aromatic carbocycles. The predicted molar refractivity (Wildman–Crippen MR) is 143 cm³/mol. The number of halogens is 1. The van der Waals surface area contributed by atoms with Crippen LogP contribution in [0.25, 0.3) is 0 Å². The van der Waals surface area contributed by atoms with Crippen molar-refractivity contribution in [1.29, 1.82) is 0 Å². The lowest BCUT2D eigenvalue weighted by molar-refractivity contribution is 0.0224. The number of carbonyl (C=O) groups excluding carboxylic acids is 1. The van der Waals surface area contributed by atoms with E-state index in [0.29, 0.717) is 28.1 Å². The first-order valence-corrected chi connectivity index (χ1v) is 12.4. The third-order valence-corrected chi connectivity index (χ3v) is 7.22. The SMILES string of the molecule is CCC(C)Nc1ccc2c(c1)Oc1ccc(Nc3ccccc3Cl)cc1C21OC(=O)c2ccccc21. The highest BCUT2D eigenvalue weighted by atomic mass is 35.5. The van der Waals surface area contributed by atoms with Crippen LogP contribution in [0.2, 0.25) is 5.02 Å². The summed E-state index contributed by atoms with van der Waals surface area (Å²) >= 11 is 6.39. The number of hydrogen-bond donors (Lipinski definition) is 2. The van der Waals surface area contributed by atoms with E-state index in [-0.39, 0.29) is 5.97 Å². The second-order valence-corrected chi connectivity index (χ2v) is 9.61. The largest absolute Gasteiger partial charge is 0.456 e. The van der Waals surface area contributed by atoms with Crippen molar-refractivity contribution in [1.82, 2.24) is 0 Å². The Balaban J connectivity index is 1.53. The fraction of sp³-hybridized carbons (Fsp3) is 0.167. The summed E-state index contributed by atoms with van der Waals surface area (Å²) in [5.41, 5.74) is 4.34. The van der Waals surface area contributed by atoms with Gasteiger partial charge in [0.1, 0.15) is 11.5 Å². The second kappa shape index (κ2) is 8.61. The molecule has 36 heavy (non-hydrogen) atoms. The quantitative estimate of drug-likeness (QED) is 0.275. The molecule has 6 heteroatoms. The molecule has 5 nitrogen and oxygen atoms in total. The van der Waals surface area contributed by atoms with Crippen LogP contribution in [0.4, 0.5) is 17.1 Å². The van der Waals surface area contributed by atoms with E-state index in [9.17, 15) is 4.79 Å². The zero-order valence-corrected chi connectivity index (χ0v) is 20.7. The number of rotatable bonds is 5. The van der Waals surface area contributed by atoms with Crippen LogP contribution in [-0.4, -0.2) is 12.0 Å². The molecule has 6 rings (SSSR count). The van der Waals surface area contributed by atoms with E-state index in [2.05, 4.69) is 24.5 Å². The standard InChI is InChI=1S/C30H25ClN2O3/c1-3-18(2)32-20-12-14-23-28(17-20)35-27-15-13-19(33-26-11-7-6-10-25(26)31)16-24(27)30(23)22-9-5-4-8-21(22)29(34)36-30/h4-18,32-33H,3H2,1-2H3. The van der Waals surface area contributed by atoms with Crippen LogP contribution < -0.4 is 15.4 Å². The highest BCUT2D eigenvalue weighted by Crippen LogP contribution is 2.57. The Morgan fingerprint density at radius 2 is 1.64 bits per heavy atom. The van der Waals surface area contributed by atoms with Gasteiger partial charge in [0.25, 0.3) is 0 Å². The average Bonchev–Trinajstić information content (AvgIpc) is 3.18. The second-order valence-electron chi connectivity index (χ2n) is 9.20. The molecule has 0 bridgehead atoms. The summed E-state index contributed by atoms with van der Waals surface area (Å²) in [6, 6.07) is 27.2. The fourth-order valence-electron chi connectivity index (χ4n) is 4.94. The highest BCUT2D eigenvalue weighted by Gasteiger charge is 2.53. The summed E-state index contributed by atoms with van der Waals surface area (Å²) in [7, 11) is 0. The topological polar surface area (TPSA) is 59.6 Å². The first kappa shape index (κ1) is 22.5. The van der Waals surface area contributed by atoms with E-state index in [4.69, 9.17) is 21.1 Å². The van der Waals surface area contributed by atoms with Crippen molar-refractivity contribution < 1.29 is 14.3 Å². The number of esters is 1. The van der Waals surface area contributed by atoms with Gasteiger partial charge in [-0.15, -0.1) is 0 Å². The van der Waals surface area contributed by atoms with Gasteiger partial charge in [-0.25, -0.2) is 4.79 Å². The van der Waals surface area contributed by atoms with Crippen molar-refractivity contribution in [2.45, 2.75) is 31.9 Å². The average molecular weight is 497 g/mol. The summed E-state index contributed by atoms with van der Waals surface area (Å²) in [6.45, 7) is 4.28. The van der Waals surface area contributed by atoms with Gasteiger partial charge in [0.05, 0.1) is 16.3 Å². The maximum atomic E-state index is 13.1. The zero-order chi connectivity index (χ0) is 24.9. The molecule has 2 heterocycles. The number of anilines is 3. The van der Waals surface area contributed by atoms with Crippen LogP contribution >= 0.6 is 11.6 Å². The predicted octanol–water partition coefficient (Wildman–Crippen LogP) is 7.86. The molecule has 0 amide bonds. The minimum Gasteiger partial charge on any atom is -0.456 e. The Morgan fingerprint density at radius 1 is 0.861 bits per heavy atom. The van der Waals surface area contributed by atoms with Crippen LogP contribution in [0.1, 0.15) is 47.3 Å². The summed E-state index contributed by atoms with van der Waals surface area (Å²) in [6.07, 6.45) is 0.997. The summed E-state index contributed by atoms with van der Waals surface area (Å²) < 4.78 is 12.7. The Kier molecular flexibility index (Phi) is 5.38. The van der Waals surface area contributed by atoms with E-state index in [0.717, 1.165) is 40.2 Å². The van der Waals surface area contributed by atoms with E-state index in [1.807, 2.05) is 84.9 Å². The lowest BCUT2D eigenvalue weighted by Gasteiger charge is -2.37. The van der Waals surface area contributed by atoms with E-state index in [1.54, 1.807) is 0 Å². The van der Waals surface area contributed by atoms with Crippen molar-refractivity contribution >= 4 is 34.6 Å². The number of fused-ring (bicyclic) bond motifs is 6. The number of nitrogens with one attached hydrogen (secondary N) is 2. The van der Waals surface area contributed by atoms with Gasteiger partial charge in [-0.05, 0) is 61.9 Å². The van der Waals surface area contributed by atoms with Crippen LogP contribution in [0, 0.1) is 0 Å². The number of ether oxygens (including phenoxy) is 2. The minimum atomic E-state index is -1.12. The first-order chi connectivity index (χ1) is 17.5. The van der Waals surface area contributed by atoms with Gasteiger partial charge >= 0.3 is 5.97 Å². The van der Waals surface area contributed by atoms with E-state index >= 15 is 0 Å². The summed E-state index contributed by atoms with van der Waals surface area (Å²) in [4.78, 5) is 13.1. The molecule has 1 spiro atoms. The fourth-order valence-corrected chi connectivity index (χ4v) is 5.13. The van der Waals surface area contributed by atoms with Gasteiger partial charge < -0.3 is 20.1 Å². The highest BCUT2D eigenvalue weighted by molar-refractivity contribution is 6.33. The van der Waals surface area contributed by atoms with Crippen molar-refractivity contribution in [3.63, 3.8) is 0 Å². The lowest BCUT2D eigenvalue weighted by atomic mass is 9.77. The molecule has 2 aliphatic heterocycles. The maximum absolute atomic E-state index is 13.1. The number of para-hydroxylation sites is 1. The van der Waals surface area contributed by atoms with E-state index < -0.39 is 5.60 Å². The molecule has 4 aromatic rings.